The molecule has 0 aliphatic heterocycles. The van der Waals surface area contributed by atoms with Crippen LogP contribution in [0.15, 0.2) is 29.6 Å². The first-order chi connectivity index (χ1) is 12.6. The molecule has 0 fully saturated rings. The van der Waals surface area contributed by atoms with Crippen LogP contribution in [-0.4, -0.2) is 21.1 Å². The monoisotopic (exact) mass is 386 g/mol. The number of anilines is 1. The Morgan fingerprint density at radius 1 is 1.15 bits per heavy atom. The zero-order valence-corrected chi connectivity index (χ0v) is 16.8. The summed E-state index contributed by atoms with van der Waals surface area (Å²) in [5.74, 6) is 0.298. The zero-order valence-electron chi connectivity index (χ0n) is 15.2. The van der Waals surface area contributed by atoms with Gasteiger partial charge in [-0.05, 0) is 19.8 Å². The molecule has 26 heavy (non-hydrogen) atoms. The minimum atomic E-state index is -0.113. The van der Waals surface area contributed by atoms with E-state index in [-0.39, 0.29) is 12.3 Å². The summed E-state index contributed by atoms with van der Waals surface area (Å²) in [5, 5.41) is 15.6. The second-order valence-electron chi connectivity index (χ2n) is 6.19. The van der Waals surface area contributed by atoms with E-state index in [9.17, 15) is 4.79 Å². The molecule has 0 radical (unpaired) electrons. The molecule has 2 heterocycles. The lowest BCUT2D eigenvalue weighted by atomic mass is 10.1. The molecule has 1 aromatic carbocycles. The summed E-state index contributed by atoms with van der Waals surface area (Å²) in [5.41, 5.74) is 3.06. The maximum absolute atomic E-state index is 12.3. The van der Waals surface area contributed by atoms with Gasteiger partial charge in [-0.2, -0.15) is 0 Å². The Hall–Kier alpha value is -2.12. The highest BCUT2D eigenvalue weighted by atomic mass is 32.1. The molecule has 7 heteroatoms. The van der Waals surface area contributed by atoms with Crippen molar-refractivity contribution in [2.24, 2.45) is 0 Å². The lowest BCUT2D eigenvalue weighted by Gasteiger charge is -2.05. The quantitative estimate of drug-likeness (QED) is 0.616. The topological polar surface area (TPSA) is 67.8 Å². The molecule has 0 spiro atoms. The molecule has 0 saturated carbocycles. The number of nitrogens with zero attached hydrogens (tertiary/aromatic N) is 3. The number of hydrogen-bond donors (Lipinski definition) is 1. The van der Waals surface area contributed by atoms with E-state index in [1.807, 2.05) is 5.38 Å². The molecule has 0 aliphatic rings. The Labute approximate surface area is 161 Å². The van der Waals surface area contributed by atoms with Gasteiger partial charge in [0.05, 0.1) is 12.1 Å². The predicted molar refractivity (Wildman–Crippen MR) is 108 cm³/mol. The summed E-state index contributed by atoms with van der Waals surface area (Å²) in [7, 11) is 0. The first-order valence-corrected chi connectivity index (χ1v) is 10.4. The van der Waals surface area contributed by atoms with Crippen molar-refractivity contribution in [1.29, 1.82) is 0 Å². The molecule has 0 saturated heterocycles. The van der Waals surface area contributed by atoms with Crippen molar-refractivity contribution in [1.82, 2.24) is 15.2 Å². The molecule has 2 aromatic heterocycles. The predicted octanol–water partition coefficient (Wildman–Crippen LogP) is 5.05. The second-order valence-corrected chi connectivity index (χ2v) is 8.06. The fraction of sp³-hybridized carbons (Fsp3) is 0.368. The molecule has 1 amide bonds. The van der Waals surface area contributed by atoms with E-state index in [1.165, 1.54) is 16.9 Å². The van der Waals surface area contributed by atoms with E-state index in [0.29, 0.717) is 11.0 Å². The van der Waals surface area contributed by atoms with Crippen molar-refractivity contribution >= 4 is 33.7 Å². The van der Waals surface area contributed by atoms with Gasteiger partial charge in [0.2, 0.25) is 11.0 Å². The summed E-state index contributed by atoms with van der Waals surface area (Å²) in [4.78, 5) is 16.9. The number of aryl methyl sites for hydroxylation is 1. The van der Waals surface area contributed by atoms with Gasteiger partial charge in [-0.3, -0.25) is 4.79 Å². The maximum Gasteiger partial charge on any atom is 0.232 e. The Balaban J connectivity index is 1.61. The molecule has 0 aliphatic carbocycles. The summed E-state index contributed by atoms with van der Waals surface area (Å²) in [6.45, 7) is 6.34. The van der Waals surface area contributed by atoms with Crippen LogP contribution in [0, 0.1) is 6.92 Å². The van der Waals surface area contributed by atoms with Crippen LogP contribution in [0.3, 0.4) is 0 Å². The van der Waals surface area contributed by atoms with Gasteiger partial charge in [-0.25, -0.2) is 4.98 Å². The summed E-state index contributed by atoms with van der Waals surface area (Å²) in [6, 6.07) is 8.24. The number of thiazole rings is 1. The van der Waals surface area contributed by atoms with Gasteiger partial charge in [0.15, 0.2) is 0 Å². The third-order valence-corrected chi connectivity index (χ3v) is 6.16. The third kappa shape index (κ3) is 4.53. The van der Waals surface area contributed by atoms with E-state index in [4.69, 9.17) is 0 Å². The second kappa shape index (κ2) is 8.51. The minimum Gasteiger partial charge on any atom is -0.300 e. The van der Waals surface area contributed by atoms with Gasteiger partial charge < -0.3 is 5.32 Å². The van der Waals surface area contributed by atoms with Crippen LogP contribution in [0.2, 0.25) is 0 Å². The SMILES string of the molecule is CCC(CC)c1nnc(NC(=O)Cc2csc(-c3ccc(C)cc3)n2)s1. The number of rotatable bonds is 7. The number of carbonyl (C=O) groups is 1. The molecular weight excluding hydrogens is 364 g/mol. The third-order valence-electron chi connectivity index (χ3n) is 4.21. The number of carbonyl (C=O) groups excluding carboxylic acids is 1. The fourth-order valence-corrected chi connectivity index (χ4v) is 4.48. The summed E-state index contributed by atoms with van der Waals surface area (Å²) in [6.07, 6.45) is 2.29. The van der Waals surface area contributed by atoms with E-state index in [1.54, 1.807) is 11.3 Å². The van der Waals surface area contributed by atoms with Crippen molar-refractivity contribution < 1.29 is 4.79 Å². The van der Waals surface area contributed by atoms with Gasteiger partial charge in [-0.1, -0.05) is 55.0 Å². The maximum atomic E-state index is 12.3. The Morgan fingerprint density at radius 2 is 1.88 bits per heavy atom. The molecule has 136 valence electrons. The molecule has 0 unspecified atom stereocenters. The van der Waals surface area contributed by atoms with Crippen LogP contribution < -0.4 is 5.32 Å². The molecule has 0 bridgehead atoms. The fourth-order valence-electron chi connectivity index (χ4n) is 2.63. The van der Waals surface area contributed by atoms with E-state index in [0.717, 1.165) is 34.1 Å². The zero-order chi connectivity index (χ0) is 18.5. The highest BCUT2D eigenvalue weighted by Crippen LogP contribution is 2.28. The van der Waals surface area contributed by atoms with Gasteiger partial charge in [0.25, 0.3) is 0 Å². The van der Waals surface area contributed by atoms with Crippen LogP contribution in [-0.2, 0) is 11.2 Å². The van der Waals surface area contributed by atoms with Crippen LogP contribution in [0.5, 0.6) is 0 Å². The molecular formula is C19H22N4OS2. The van der Waals surface area contributed by atoms with Crippen LogP contribution in [0.4, 0.5) is 5.13 Å². The smallest absolute Gasteiger partial charge is 0.232 e. The number of aromatic nitrogens is 3. The standard InChI is InChI=1S/C19H22N4OS2/c1-4-13(5-2)18-22-23-19(26-18)21-16(24)10-15-11-25-17(20-15)14-8-6-12(3)7-9-14/h6-9,11,13H,4-5,10H2,1-3H3,(H,21,23,24). The van der Waals surface area contributed by atoms with Crippen molar-refractivity contribution in [3.63, 3.8) is 0 Å². The van der Waals surface area contributed by atoms with Gasteiger partial charge >= 0.3 is 0 Å². The van der Waals surface area contributed by atoms with Crippen LogP contribution in [0.1, 0.15) is 48.9 Å². The van der Waals surface area contributed by atoms with E-state index >= 15 is 0 Å². The van der Waals surface area contributed by atoms with E-state index in [2.05, 4.69) is 65.5 Å². The first-order valence-electron chi connectivity index (χ1n) is 8.73. The van der Waals surface area contributed by atoms with Crippen molar-refractivity contribution in [3.8, 4) is 10.6 Å². The van der Waals surface area contributed by atoms with Crippen molar-refractivity contribution in [2.75, 3.05) is 5.32 Å². The number of amides is 1. The average Bonchev–Trinajstić information content (AvgIpc) is 3.27. The highest BCUT2D eigenvalue weighted by Gasteiger charge is 2.15. The summed E-state index contributed by atoms with van der Waals surface area (Å²) >= 11 is 3.01. The minimum absolute atomic E-state index is 0.113. The molecule has 3 aromatic rings. The summed E-state index contributed by atoms with van der Waals surface area (Å²) < 4.78 is 0. The Kier molecular flexibility index (Phi) is 6.11. The van der Waals surface area contributed by atoms with Gasteiger partial charge in [0.1, 0.15) is 10.0 Å². The number of nitrogens with one attached hydrogen (secondary N) is 1. The van der Waals surface area contributed by atoms with E-state index < -0.39 is 0 Å². The molecule has 0 atom stereocenters. The van der Waals surface area contributed by atoms with Gasteiger partial charge in [-0.15, -0.1) is 21.5 Å². The molecule has 5 nitrogen and oxygen atoms in total. The Bertz CT molecular complexity index is 866. The lowest BCUT2D eigenvalue weighted by molar-refractivity contribution is -0.115. The lowest BCUT2D eigenvalue weighted by Crippen LogP contribution is -2.14. The van der Waals surface area contributed by atoms with Gasteiger partial charge in [0, 0.05) is 16.9 Å². The average molecular weight is 387 g/mol. The molecule has 3 rings (SSSR count). The Morgan fingerprint density at radius 3 is 2.58 bits per heavy atom. The first kappa shape index (κ1) is 18.7. The number of hydrogen-bond acceptors (Lipinski definition) is 6. The number of benzene rings is 1. The molecule has 1 N–H and O–H groups in total. The van der Waals surface area contributed by atoms with Crippen LogP contribution in [0.25, 0.3) is 10.6 Å². The highest BCUT2D eigenvalue weighted by molar-refractivity contribution is 7.15. The van der Waals surface area contributed by atoms with Crippen molar-refractivity contribution in [3.05, 3.63) is 45.9 Å². The van der Waals surface area contributed by atoms with Crippen LogP contribution >= 0.6 is 22.7 Å². The van der Waals surface area contributed by atoms with Crippen molar-refractivity contribution in [2.45, 2.75) is 46.0 Å². The normalized spacial score (nSPS) is 11.1. The largest absolute Gasteiger partial charge is 0.300 e.